The first-order valence-electron chi connectivity index (χ1n) is 6.17. The maximum atomic E-state index is 10.9. The fourth-order valence-corrected chi connectivity index (χ4v) is 2.05. The number of allylic oxidation sites excluding steroid dienone is 1. The monoisotopic (exact) mass is 248 g/mol. The van der Waals surface area contributed by atoms with Gasteiger partial charge in [-0.3, -0.25) is 0 Å². The minimum Gasteiger partial charge on any atom is -0.493 e. The minimum absolute atomic E-state index is 0.570. The molecule has 0 aliphatic rings. The Morgan fingerprint density at radius 1 is 1.33 bits per heavy atom. The summed E-state index contributed by atoms with van der Waals surface area (Å²) < 4.78 is 5.65. The number of aliphatic carboxylic acids is 1. The SMILES string of the molecule is CCOc1c(C)cc(C)cc1/C(=C/C(=O)O)CC. The second-order valence-electron chi connectivity index (χ2n) is 4.25. The Balaban J connectivity index is 3.40. The van der Waals surface area contributed by atoms with Gasteiger partial charge in [-0.2, -0.15) is 0 Å². The highest BCUT2D eigenvalue weighted by Gasteiger charge is 2.12. The standard InChI is InChI=1S/C15H20O3/c1-5-12(9-14(16)17)13-8-10(3)7-11(4)15(13)18-6-2/h7-9H,5-6H2,1-4H3,(H,16,17)/b12-9+. The van der Waals surface area contributed by atoms with Gasteiger partial charge < -0.3 is 9.84 Å². The molecule has 1 rings (SSSR count). The van der Waals surface area contributed by atoms with Crippen LogP contribution in [-0.4, -0.2) is 17.7 Å². The summed E-state index contributed by atoms with van der Waals surface area (Å²) in [6.45, 7) is 8.43. The Morgan fingerprint density at radius 2 is 2.00 bits per heavy atom. The summed E-state index contributed by atoms with van der Waals surface area (Å²) in [5.74, 6) is -0.133. The molecule has 98 valence electrons. The molecular weight excluding hydrogens is 228 g/mol. The summed E-state index contributed by atoms with van der Waals surface area (Å²) in [7, 11) is 0. The van der Waals surface area contributed by atoms with E-state index in [1.165, 1.54) is 6.08 Å². The van der Waals surface area contributed by atoms with Crippen LogP contribution in [-0.2, 0) is 4.79 Å². The lowest BCUT2D eigenvalue weighted by molar-refractivity contribution is -0.131. The molecule has 0 bridgehead atoms. The molecule has 0 saturated heterocycles. The lowest BCUT2D eigenvalue weighted by atomic mass is 9.97. The number of carboxylic acid groups (broad SMARTS) is 1. The molecule has 0 atom stereocenters. The average molecular weight is 248 g/mol. The first kappa shape index (κ1) is 14.3. The molecule has 0 aliphatic heterocycles. The molecule has 3 heteroatoms. The van der Waals surface area contributed by atoms with E-state index in [-0.39, 0.29) is 0 Å². The topological polar surface area (TPSA) is 46.5 Å². The highest BCUT2D eigenvalue weighted by molar-refractivity contribution is 5.91. The van der Waals surface area contributed by atoms with Gasteiger partial charge in [-0.15, -0.1) is 0 Å². The van der Waals surface area contributed by atoms with E-state index in [1.807, 2.05) is 39.8 Å². The normalized spacial score (nSPS) is 11.4. The fraction of sp³-hybridized carbons (Fsp3) is 0.400. The number of benzene rings is 1. The maximum absolute atomic E-state index is 10.9. The van der Waals surface area contributed by atoms with Gasteiger partial charge in [-0.25, -0.2) is 4.79 Å². The van der Waals surface area contributed by atoms with E-state index in [1.54, 1.807) is 0 Å². The van der Waals surface area contributed by atoms with Crippen molar-refractivity contribution >= 4 is 11.5 Å². The zero-order chi connectivity index (χ0) is 13.7. The van der Waals surface area contributed by atoms with Crippen molar-refractivity contribution in [3.05, 3.63) is 34.9 Å². The predicted molar refractivity (Wildman–Crippen MR) is 73.0 cm³/mol. The second kappa shape index (κ2) is 6.24. The molecule has 1 aromatic rings. The van der Waals surface area contributed by atoms with Gasteiger partial charge >= 0.3 is 5.97 Å². The van der Waals surface area contributed by atoms with Gasteiger partial charge in [0.1, 0.15) is 5.75 Å². The predicted octanol–water partition coefficient (Wildman–Crippen LogP) is 3.58. The molecule has 0 radical (unpaired) electrons. The lowest BCUT2D eigenvalue weighted by Gasteiger charge is -2.15. The third kappa shape index (κ3) is 3.36. The zero-order valence-corrected chi connectivity index (χ0v) is 11.4. The smallest absolute Gasteiger partial charge is 0.328 e. The molecule has 0 spiro atoms. The molecule has 18 heavy (non-hydrogen) atoms. The summed E-state index contributed by atoms with van der Waals surface area (Å²) in [6, 6.07) is 4.03. The highest BCUT2D eigenvalue weighted by Crippen LogP contribution is 2.32. The van der Waals surface area contributed by atoms with Crippen LogP contribution in [0.3, 0.4) is 0 Å². The van der Waals surface area contributed by atoms with Crippen LogP contribution < -0.4 is 4.74 Å². The van der Waals surface area contributed by atoms with Crippen molar-refractivity contribution in [3.63, 3.8) is 0 Å². The van der Waals surface area contributed by atoms with E-state index in [0.717, 1.165) is 28.0 Å². The van der Waals surface area contributed by atoms with Crippen LogP contribution in [0, 0.1) is 13.8 Å². The van der Waals surface area contributed by atoms with Crippen molar-refractivity contribution in [1.82, 2.24) is 0 Å². The lowest BCUT2D eigenvalue weighted by Crippen LogP contribution is -2.01. The zero-order valence-electron chi connectivity index (χ0n) is 11.4. The van der Waals surface area contributed by atoms with E-state index >= 15 is 0 Å². The minimum atomic E-state index is -0.923. The van der Waals surface area contributed by atoms with Crippen molar-refractivity contribution in [2.75, 3.05) is 6.61 Å². The second-order valence-corrected chi connectivity index (χ2v) is 4.25. The van der Waals surface area contributed by atoms with Crippen LogP contribution >= 0.6 is 0 Å². The Kier molecular flexibility index (Phi) is 4.95. The third-order valence-corrected chi connectivity index (χ3v) is 2.73. The number of ether oxygens (including phenoxy) is 1. The molecular formula is C15H20O3. The van der Waals surface area contributed by atoms with Gasteiger partial charge in [0.05, 0.1) is 6.61 Å². The van der Waals surface area contributed by atoms with Crippen molar-refractivity contribution in [2.24, 2.45) is 0 Å². The van der Waals surface area contributed by atoms with E-state index < -0.39 is 5.97 Å². The largest absolute Gasteiger partial charge is 0.493 e. The molecule has 1 aromatic carbocycles. The van der Waals surface area contributed by atoms with E-state index in [2.05, 4.69) is 0 Å². The van der Waals surface area contributed by atoms with Crippen LogP contribution in [0.25, 0.3) is 5.57 Å². The van der Waals surface area contributed by atoms with Crippen LogP contribution in [0.1, 0.15) is 37.0 Å². The number of hydrogen-bond acceptors (Lipinski definition) is 2. The number of hydrogen-bond donors (Lipinski definition) is 1. The van der Waals surface area contributed by atoms with Gasteiger partial charge in [0, 0.05) is 11.6 Å². The fourth-order valence-electron chi connectivity index (χ4n) is 2.05. The molecule has 0 saturated carbocycles. The Hall–Kier alpha value is -1.77. The van der Waals surface area contributed by atoms with Crippen LogP contribution in [0.5, 0.6) is 5.75 Å². The molecule has 0 unspecified atom stereocenters. The van der Waals surface area contributed by atoms with Crippen LogP contribution in [0.4, 0.5) is 0 Å². The number of rotatable bonds is 5. The van der Waals surface area contributed by atoms with Crippen LogP contribution in [0.15, 0.2) is 18.2 Å². The summed E-state index contributed by atoms with van der Waals surface area (Å²) in [5.41, 5.74) is 3.82. The number of carboxylic acids is 1. The quantitative estimate of drug-likeness (QED) is 0.810. The van der Waals surface area contributed by atoms with Gasteiger partial charge in [0.25, 0.3) is 0 Å². The van der Waals surface area contributed by atoms with Gasteiger partial charge in [-0.05, 0) is 50.0 Å². The Labute approximate surface area is 108 Å². The molecule has 0 heterocycles. The van der Waals surface area contributed by atoms with Crippen molar-refractivity contribution in [3.8, 4) is 5.75 Å². The van der Waals surface area contributed by atoms with Crippen molar-refractivity contribution < 1.29 is 14.6 Å². The van der Waals surface area contributed by atoms with Crippen LogP contribution in [0.2, 0.25) is 0 Å². The van der Waals surface area contributed by atoms with Crippen molar-refractivity contribution in [1.29, 1.82) is 0 Å². The number of carbonyl (C=O) groups is 1. The molecule has 0 fully saturated rings. The molecule has 0 aliphatic carbocycles. The van der Waals surface area contributed by atoms with Crippen molar-refractivity contribution in [2.45, 2.75) is 34.1 Å². The van der Waals surface area contributed by atoms with E-state index in [4.69, 9.17) is 9.84 Å². The van der Waals surface area contributed by atoms with Gasteiger partial charge in [0.2, 0.25) is 0 Å². The van der Waals surface area contributed by atoms with Gasteiger partial charge in [0.15, 0.2) is 0 Å². The maximum Gasteiger partial charge on any atom is 0.328 e. The first-order chi connectivity index (χ1) is 8.49. The van der Waals surface area contributed by atoms with E-state index in [0.29, 0.717) is 13.0 Å². The molecule has 3 nitrogen and oxygen atoms in total. The summed E-state index contributed by atoms with van der Waals surface area (Å²) in [4.78, 5) is 10.9. The number of aryl methyl sites for hydroxylation is 2. The van der Waals surface area contributed by atoms with Gasteiger partial charge in [-0.1, -0.05) is 13.0 Å². The average Bonchev–Trinajstić information content (AvgIpc) is 2.29. The first-order valence-corrected chi connectivity index (χ1v) is 6.17. The summed E-state index contributed by atoms with van der Waals surface area (Å²) >= 11 is 0. The summed E-state index contributed by atoms with van der Waals surface area (Å²) in [6.07, 6.45) is 1.92. The Morgan fingerprint density at radius 3 is 2.50 bits per heavy atom. The Bertz CT molecular complexity index is 473. The summed E-state index contributed by atoms with van der Waals surface area (Å²) in [5, 5.41) is 8.92. The highest BCUT2D eigenvalue weighted by atomic mass is 16.5. The third-order valence-electron chi connectivity index (χ3n) is 2.73. The molecule has 0 aromatic heterocycles. The molecule has 0 amide bonds. The van der Waals surface area contributed by atoms with E-state index in [9.17, 15) is 4.79 Å². The molecule has 1 N–H and O–H groups in total.